The fraction of sp³-hybridized carbons (Fsp3) is 0.857. The van der Waals surface area contributed by atoms with Crippen molar-refractivity contribution in [3.8, 4) is 0 Å². The second-order valence-corrected chi connectivity index (χ2v) is 8.05. The largest absolute Gasteiger partial charge is 0.462 e. The number of esters is 1. The van der Waals surface area contributed by atoms with Gasteiger partial charge in [-0.05, 0) is 26.7 Å². The molecule has 0 bridgehead atoms. The normalized spacial score (nSPS) is 32.7. The van der Waals surface area contributed by atoms with Crippen LogP contribution in [-0.4, -0.2) is 41.3 Å². The van der Waals surface area contributed by atoms with Crippen molar-refractivity contribution in [2.75, 3.05) is 0 Å². The third kappa shape index (κ3) is 7.37. The van der Waals surface area contributed by atoms with Crippen LogP contribution in [0.25, 0.3) is 0 Å². The van der Waals surface area contributed by atoms with Gasteiger partial charge in [-0.3, -0.25) is 4.79 Å². The van der Waals surface area contributed by atoms with Crippen LogP contribution in [0.5, 0.6) is 0 Å². The first-order chi connectivity index (χ1) is 12.4. The van der Waals surface area contributed by atoms with E-state index in [9.17, 15) is 9.90 Å². The van der Waals surface area contributed by atoms with Gasteiger partial charge in [0.05, 0.1) is 18.6 Å². The second-order valence-electron chi connectivity index (χ2n) is 8.05. The SMILES string of the molecule is CCCCCCCCC[C@H]1C[C@H]2OC(C)(C)O[C@@H]2/C=C/[C@H](O)CC(=O)O1. The van der Waals surface area contributed by atoms with Gasteiger partial charge in [-0.15, -0.1) is 0 Å². The Morgan fingerprint density at radius 1 is 1.08 bits per heavy atom. The molecule has 0 aromatic carbocycles. The van der Waals surface area contributed by atoms with Gasteiger partial charge in [-0.2, -0.15) is 0 Å². The molecule has 0 aromatic rings. The molecule has 5 heteroatoms. The van der Waals surface area contributed by atoms with E-state index in [-0.39, 0.29) is 30.7 Å². The summed E-state index contributed by atoms with van der Waals surface area (Å²) in [6.45, 7) is 6.01. The number of unbranched alkanes of at least 4 members (excludes halogenated alkanes) is 6. The van der Waals surface area contributed by atoms with Gasteiger partial charge in [0.2, 0.25) is 0 Å². The maximum atomic E-state index is 12.1. The number of aliphatic hydroxyl groups excluding tert-OH is 1. The number of carbonyl (C=O) groups is 1. The first-order valence-electron chi connectivity index (χ1n) is 10.3. The molecule has 2 heterocycles. The van der Waals surface area contributed by atoms with E-state index in [4.69, 9.17) is 14.2 Å². The maximum Gasteiger partial charge on any atom is 0.309 e. The number of cyclic esters (lactones) is 1. The number of aliphatic hydroxyl groups is 1. The van der Waals surface area contributed by atoms with Crippen LogP contribution in [-0.2, 0) is 19.0 Å². The fourth-order valence-electron chi connectivity index (χ4n) is 3.73. The summed E-state index contributed by atoms with van der Waals surface area (Å²) < 4.78 is 17.6. The highest BCUT2D eigenvalue weighted by atomic mass is 16.8. The Kier molecular flexibility index (Phi) is 8.58. The smallest absolute Gasteiger partial charge is 0.309 e. The van der Waals surface area contributed by atoms with Crippen LogP contribution in [0.4, 0.5) is 0 Å². The Balaban J connectivity index is 1.88. The molecule has 4 atom stereocenters. The topological polar surface area (TPSA) is 65.0 Å². The molecule has 0 spiro atoms. The van der Waals surface area contributed by atoms with Gasteiger partial charge in [-0.1, -0.05) is 57.6 Å². The summed E-state index contributed by atoms with van der Waals surface area (Å²) in [5, 5.41) is 9.97. The van der Waals surface area contributed by atoms with Crippen LogP contribution in [0.15, 0.2) is 12.2 Å². The average Bonchev–Trinajstić information content (AvgIpc) is 2.85. The summed E-state index contributed by atoms with van der Waals surface area (Å²) in [5.74, 6) is -1.00. The minimum Gasteiger partial charge on any atom is -0.462 e. The van der Waals surface area contributed by atoms with Crippen molar-refractivity contribution in [1.29, 1.82) is 0 Å². The molecule has 0 amide bonds. The van der Waals surface area contributed by atoms with Gasteiger partial charge < -0.3 is 19.3 Å². The first kappa shape index (κ1) is 21.4. The Labute approximate surface area is 158 Å². The average molecular weight is 369 g/mol. The van der Waals surface area contributed by atoms with Crippen molar-refractivity contribution >= 4 is 5.97 Å². The number of rotatable bonds is 8. The van der Waals surface area contributed by atoms with Crippen LogP contribution in [0.2, 0.25) is 0 Å². The lowest BCUT2D eigenvalue weighted by molar-refractivity contribution is -0.156. The molecular weight excluding hydrogens is 332 g/mol. The highest BCUT2D eigenvalue weighted by molar-refractivity contribution is 5.70. The number of hydrogen-bond donors (Lipinski definition) is 1. The number of carbonyl (C=O) groups excluding carboxylic acids is 1. The van der Waals surface area contributed by atoms with E-state index in [1.54, 1.807) is 6.08 Å². The zero-order valence-electron chi connectivity index (χ0n) is 16.6. The number of hydrogen-bond acceptors (Lipinski definition) is 5. The van der Waals surface area contributed by atoms with Gasteiger partial charge in [0.25, 0.3) is 0 Å². The first-order valence-corrected chi connectivity index (χ1v) is 10.3. The summed E-state index contributed by atoms with van der Waals surface area (Å²) in [4.78, 5) is 12.1. The number of fused-ring (bicyclic) bond motifs is 1. The van der Waals surface area contributed by atoms with E-state index in [2.05, 4.69) is 6.92 Å². The molecule has 5 nitrogen and oxygen atoms in total. The van der Waals surface area contributed by atoms with E-state index in [1.165, 1.54) is 32.1 Å². The molecule has 2 aliphatic heterocycles. The van der Waals surface area contributed by atoms with Crippen molar-refractivity contribution in [3.05, 3.63) is 12.2 Å². The molecule has 1 N–H and O–H groups in total. The quantitative estimate of drug-likeness (QED) is 0.394. The molecule has 0 aliphatic carbocycles. The molecule has 0 saturated carbocycles. The lowest BCUT2D eigenvalue weighted by atomic mass is 9.99. The van der Waals surface area contributed by atoms with E-state index in [0.717, 1.165) is 19.3 Å². The third-order valence-electron chi connectivity index (χ3n) is 5.04. The zero-order valence-corrected chi connectivity index (χ0v) is 16.6. The summed E-state index contributed by atoms with van der Waals surface area (Å²) in [6.07, 6.45) is 12.1. The Morgan fingerprint density at radius 3 is 2.50 bits per heavy atom. The highest BCUT2D eigenvalue weighted by Crippen LogP contribution is 2.33. The molecule has 1 saturated heterocycles. The lowest BCUT2D eigenvalue weighted by Crippen LogP contribution is -2.31. The standard InChI is InChI=1S/C21H36O5/c1-4-5-6-7-8-9-10-11-17-15-19-18(25-21(2,3)26-19)13-12-16(22)14-20(23)24-17/h12-13,16-19,22H,4-11,14-15H2,1-3H3/b13-12+/t16-,17-,18+,19+/m0/s1. The predicted octanol–water partition coefficient (Wildman–Crippen LogP) is 4.27. The van der Waals surface area contributed by atoms with Crippen LogP contribution < -0.4 is 0 Å². The monoisotopic (exact) mass is 368 g/mol. The van der Waals surface area contributed by atoms with E-state index >= 15 is 0 Å². The van der Waals surface area contributed by atoms with Gasteiger partial charge in [-0.25, -0.2) is 0 Å². The van der Waals surface area contributed by atoms with Crippen LogP contribution in [0, 0.1) is 0 Å². The highest BCUT2D eigenvalue weighted by Gasteiger charge is 2.41. The summed E-state index contributed by atoms with van der Waals surface area (Å²) in [6, 6.07) is 0. The van der Waals surface area contributed by atoms with Gasteiger partial charge in [0.1, 0.15) is 12.2 Å². The molecule has 26 heavy (non-hydrogen) atoms. The van der Waals surface area contributed by atoms with Crippen molar-refractivity contribution < 1.29 is 24.1 Å². The summed E-state index contributed by atoms with van der Waals surface area (Å²) >= 11 is 0. The van der Waals surface area contributed by atoms with Gasteiger partial charge in [0, 0.05) is 6.42 Å². The summed E-state index contributed by atoms with van der Waals surface area (Å²) in [7, 11) is 0. The third-order valence-corrected chi connectivity index (χ3v) is 5.04. The summed E-state index contributed by atoms with van der Waals surface area (Å²) in [5.41, 5.74) is 0. The van der Waals surface area contributed by atoms with Gasteiger partial charge in [0.15, 0.2) is 5.79 Å². The minimum absolute atomic E-state index is 0.00828. The maximum absolute atomic E-state index is 12.1. The van der Waals surface area contributed by atoms with Crippen molar-refractivity contribution in [1.82, 2.24) is 0 Å². The van der Waals surface area contributed by atoms with Crippen LogP contribution in [0.3, 0.4) is 0 Å². The van der Waals surface area contributed by atoms with Crippen LogP contribution in [0.1, 0.15) is 85.0 Å². The molecular formula is C21H36O5. The van der Waals surface area contributed by atoms with E-state index in [1.807, 2.05) is 19.9 Å². The van der Waals surface area contributed by atoms with Crippen molar-refractivity contribution in [2.45, 2.75) is 115 Å². The number of ether oxygens (including phenoxy) is 3. The zero-order chi connectivity index (χ0) is 19.0. The van der Waals surface area contributed by atoms with Crippen molar-refractivity contribution in [3.63, 3.8) is 0 Å². The van der Waals surface area contributed by atoms with E-state index in [0.29, 0.717) is 6.42 Å². The molecule has 2 rings (SSSR count). The predicted molar refractivity (Wildman–Crippen MR) is 101 cm³/mol. The lowest BCUT2D eigenvalue weighted by Gasteiger charge is -2.24. The Bertz CT molecular complexity index is 459. The van der Waals surface area contributed by atoms with Crippen molar-refractivity contribution in [2.24, 2.45) is 0 Å². The Morgan fingerprint density at radius 2 is 1.77 bits per heavy atom. The molecule has 2 aliphatic rings. The second kappa shape index (κ2) is 10.4. The van der Waals surface area contributed by atoms with E-state index < -0.39 is 11.9 Å². The minimum atomic E-state index is -0.840. The molecule has 150 valence electrons. The molecule has 1 fully saturated rings. The van der Waals surface area contributed by atoms with Gasteiger partial charge >= 0.3 is 5.97 Å². The fourth-order valence-corrected chi connectivity index (χ4v) is 3.73. The molecule has 0 aromatic heterocycles. The van der Waals surface area contributed by atoms with Crippen LogP contribution >= 0.6 is 0 Å². The molecule has 0 radical (unpaired) electrons. The Hall–Kier alpha value is -0.910. The molecule has 0 unspecified atom stereocenters.